The van der Waals surface area contributed by atoms with Crippen molar-refractivity contribution in [3.05, 3.63) is 58.6 Å². The lowest BCUT2D eigenvalue weighted by Gasteiger charge is -2.27. The second kappa shape index (κ2) is 9.99. The third-order valence-electron chi connectivity index (χ3n) is 7.47. The number of nitrogens with zero attached hydrogens (tertiary/aromatic N) is 4. The van der Waals surface area contributed by atoms with Crippen molar-refractivity contribution in [1.29, 1.82) is 0 Å². The van der Waals surface area contributed by atoms with Crippen molar-refractivity contribution in [3.8, 4) is 16.9 Å². The van der Waals surface area contributed by atoms with Crippen LogP contribution in [0, 0.1) is 0 Å². The normalized spacial score (nSPS) is 16.6. The lowest BCUT2D eigenvalue weighted by molar-refractivity contribution is 0.0364. The predicted molar refractivity (Wildman–Crippen MR) is 142 cm³/mol. The van der Waals surface area contributed by atoms with Crippen LogP contribution in [-0.4, -0.2) is 83.3 Å². The van der Waals surface area contributed by atoms with Crippen LogP contribution in [0.2, 0.25) is 0 Å². The van der Waals surface area contributed by atoms with E-state index in [4.69, 9.17) is 9.47 Å². The number of pyridine rings is 2. The van der Waals surface area contributed by atoms with Gasteiger partial charge in [-0.25, -0.2) is 4.98 Å². The maximum absolute atomic E-state index is 14.1. The Labute approximate surface area is 214 Å². The van der Waals surface area contributed by atoms with Crippen LogP contribution in [0.15, 0.2) is 47.5 Å². The van der Waals surface area contributed by atoms with Crippen molar-refractivity contribution in [2.24, 2.45) is 0 Å². The largest absolute Gasteiger partial charge is 0.497 e. The maximum atomic E-state index is 14.1. The number of carbonyl (C=O) groups is 1. The summed E-state index contributed by atoms with van der Waals surface area (Å²) in [5, 5.41) is 1.79. The van der Waals surface area contributed by atoms with Gasteiger partial charge in [0.05, 0.1) is 25.8 Å². The Balaban J connectivity index is 1.48. The van der Waals surface area contributed by atoms with Gasteiger partial charge < -0.3 is 23.9 Å². The molecule has 2 aliphatic rings. The number of hydrogen-bond donors (Lipinski definition) is 1. The first-order valence-corrected chi connectivity index (χ1v) is 12.9. The van der Waals surface area contributed by atoms with Crippen LogP contribution in [0.1, 0.15) is 23.2 Å². The van der Waals surface area contributed by atoms with Gasteiger partial charge in [0.1, 0.15) is 11.4 Å². The molecule has 9 heteroatoms. The Morgan fingerprint density at radius 3 is 2.68 bits per heavy atom. The second-order valence-electron chi connectivity index (χ2n) is 9.72. The molecule has 37 heavy (non-hydrogen) atoms. The van der Waals surface area contributed by atoms with Crippen molar-refractivity contribution in [2.75, 3.05) is 53.0 Å². The quantitative estimate of drug-likeness (QED) is 0.437. The van der Waals surface area contributed by atoms with E-state index in [1.54, 1.807) is 19.4 Å². The zero-order valence-electron chi connectivity index (χ0n) is 21.0. The van der Waals surface area contributed by atoms with Gasteiger partial charge in [-0.1, -0.05) is 0 Å². The highest BCUT2D eigenvalue weighted by Crippen LogP contribution is 2.30. The van der Waals surface area contributed by atoms with Gasteiger partial charge in [-0.05, 0) is 48.7 Å². The number of carbonyl (C=O) groups excluding carboxylic acids is 1. The Kier molecular flexibility index (Phi) is 6.40. The number of hydrogen-bond acceptors (Lipinski definition) is 6. The van der Waals surface area contributed by atoms with E-state index in [9.17, 15) is 9.59 Å². The second-order valence-corrected chi connectivity index (χ2v) is 9.72. The van der Waals surface area contributed by atoms with Gasteiger partial charge in [0.25, 0.3) is 11.5 Å². The summed E-state index contributed by atoms with van der Waals surface area (Å²) in [7, 11) is 1.58. The molecule has 9 nitrogen and oxygen atoms in total. The molecule has 1 amide bonds. The Morgan fingerprint density at radius 1 is 1.08 bits per heavy atom. The van der Waals surface area contributed by atoms with E-state index < -0.39 is 0 Å². The van der Waals surface area contributed by atoms with Gasteiger partial charge in [-0.15, -0.1) is 0 Å². The minimum atomic E-state index is -0.0951. The number of amides is 1. The highest BCUT2D eigenvalue weighted by atomic mass is 16.5. The number of fused-ring (bicyclic) bond motifs is 3. The Bertz CT molecular complexity index is 1510. The average molecular weight is 502 g/mol. The minimum absolute atomic E-state index is 0.0261. The molecule has 0 bridgehead atoms. The van der Waals surface area contributed by atoms with Gasteiger partial charge >= 0.3 is 0 Å². The van der Waals surface area contributed by atoms with E-state index in [1.165, 1.54) is 0 Å². The van der Waals surface area contributed by atoms with Crippen LogP contribution in [0.5, 0.6) is 5.75 Å². The molecule has 4 aromatic rings. The molecule has 5 heterocycles. The summed E-state index contributed by atoms with van der Waals surface area (Å²) < 4.78 is 12.9. The number of aromatic amines is 1. The van der Waals surface area contributed by atoms with E-state index in [2.05, 4.69) is 14.9 Å². The van der Waals surface area contributed by atoms with Crippen molar-refractivity contribution < 1.29 is 14.3 Å². The predicted octanol–water partition coefficient (Wildman–Crippen LogP) is 3.12. The number of nitrogens with one attached hydrogen (secondary N) is 1. The molecule has 1 N–H and O–H groups in total. The van der Waals surface area contributed by atoms with E-state index >= 15 is 0 Å². The highest BCUT2D eigenvalue weighted by Gasteiger charge is 2.22. The van der Waals surface area contributed by atoms with Crippen molar-refractivity contribution >= 4 is 27.8 Å². The van der Waals surface area contributed by atoms with E-state index in [1.807, 2.05) is 39.9 Å². The first-order valence-electron chi connectivity index (χ1n) is 12.9. The first kappa shape index (κ1) is 23.7. The molecular weight excluding hydrogens is 470 g/mol. The van der Waals surface area contributed by atoms with E-state index in [-0.39, 0.29) is 11.5 Å². The summed E-state index contributed by atoms with van der Waals surface area (Å²) in [5.74, 6) is 0.528. The molecule has 2 saturated heterocycles. The lowest BCUT2D eigenvalue weighted by Crippen LogP contribution is -2.39. The maximum Gasteiger partial charge on any atom is 0.258 e. The van der Waals surface area contributed by atoms with Crippen LogP contribution in [0.25, 0.3) is 33.1 Å². The number of likely N-dealkylation sites (tertiary alicyclic amines) is 1. The van der Waals surface area contributed by atoms with Gasteiger partial charge in [0.15, 0.2) is 0 Å². The highest BCUT2D eigenvalue weighted by molar-refractivity contribution is 6.03. The van der Waals surface area contributed by atoms with Gasteiger partial charge in [-0.3, -0.25) is 14.5 Å². The topological polar surface area (TPSA) is 92.7 Å². The summed E-state index contributed by atoms with van der Waals surface area (Å²) in [6.07, 6.45) is 5.68. The fourth-order valence-corrected chi connectivity index (χ4v) is 5.47. The molecule has 0 aliphatic carbocycles. The molecule has 0 spiro atoms. The third-order valence-corrected chi connectivity index (χ3v) is 7.47. The molecule has 3 aromatic heterocycles. The van der Waals surface area contributed by atoms with Gasteiger partial charge in [0, 0.05) is 73.6 Å². The Hall–Kier alpha value is -3.69. The van der Waals surface area contributed by atoms with Crippen molar-refractivity contribution in [3.63, 3.8) is 0 Å². The van der Waals surface area contributed by atoms with Gasteiger partial charge in [-0.2, -0.15) is 0 Å². The van der Waals surface area contributed by atoms with Crippen LogP contribution in [0.3, 0.4) is 0 Å². The monoisotopic (exact) mass is 501 g/mol. The first-order chi connectivity index (χ1) is 18.1. The number of morpholine rings is 1. The number of H-pyrrole nitrogens is 1. The molecule has 2 fully saturated rings. The molecule has 0 radical (unpaired) electrons. The lowest BCUT2D eigenvalue weighted by atomic mass is 10.0. The zero-order chi connectivity index (χ0) is 25.4. The summed E-state index contributed by atoms with van der Waals surface area (Å²) >= 11 is 0. The molecular formula is C28H31N5O4. The summed E-state index contributed by atoms with van der Waals surface area (Å²) in [5.41, 5.74) is 3.25. The molecule has 192 valence electrons. The molecule has 0 atom stereocenters. The van der Waals surface area contributed by atoms with Crippen molar-refractivity contribution in [2.45, 2.75) is 19.4 Å². The molecule has 0 saturated carbocycles. The number of methoxy groups -OCH3 is 1. The average Bonchev–Trinajstić information content (AvgIpc) is 3.65. The fourth-order valence-electron chi connectivity index (χ4n) is 5.47. The van der Waals surface area contributed by atoms with Crippen LogP contribution < -0.4 is 10.3 Å². The summed E-state index contributed by atoms with van der Waals surface area (Å²) in [6.45, 7) is 5.92. The standard InChI is InChI=1S/C28H31N5O4/c1-36-22-15-19(14-20(16-22)27(34)32-6-2-3-7-32)24-17-21-18-30-26-23(4-5-29-26)25(21)33(28(24)35)9-8-31-10-12-37-13-11-31/h4-5,14-18H,2-3,6-13H2,1H3,(H,29,30). The minimum Gasteiger partial charge on any atom is -0.497 e. The molecule has 2 aliphatic heterocycles. The molecule has 6 rings (SSSR count). The molecule has 1 aromatic carbocycles. The number of rotatable bonds is 6. The van der Waals surface area contributed by atoms with Gasteiger partial charge in [0.2, 0.25) is 0 Å². The van der Waals surface area contributed by atoms with E-state index in [0.717, 1.165) is 67.5 Å². The van der Waals surface area contributed by atoms with Crippen LogP contribution >= 0.6 is 0 Å². The number of benzene rings is 1. The zero-order valence-corrected chi connectivity index (χ0v) is 21.0. The Morgan fingerprint density at radius 2 is 1.89 bits per heavy atom. The van der Waals surface area contributed by atoms with E-state index in [0.29, 0.717) is 42.2 Å². The fraction of sp³-hybridized carbons (Fsp3) is 0.393. The number of ether oxygens (including phenoxy) is 2. The number of aromatic nitrogens is 3. The summed E-state index contributed by atoms with van der Waals surface area (Å²) in [6, 6.07) is 9.26. The van der Waals surface area contributed by atoms with Crippen molar-refractivity contribution in [1.82, 2.24) is 24.3 Å². The summed E-state index contributed by atoms with van der Waals surface area (Å²) in [4.78, 5) is 39.2. The smallest absolute Gasteiger partial charge is 0.258 e. The van der Waals surface area contributed by atoms with Crippen LogP contribution in [0.4, 0.5) is 0 Å². The molecule has 0 unspecified atom stereocenters. The SMILES string of the molecule is COc1cc(C(=O)N2CCCC2)cc(-c2cc3cnc4[nH]ccc4c3n(CCN3CCOCC3)c2=O)c1. The van der Waals surface area contributed by atoms with Crippen LogP contribution in [-0.2, 0) is 11.3 Å². The third kappa shape index (κ3) is 4.49.